The zero-order valence-electron chi connectivity index (χ0n) is 9.74. The predicted molar refractivity (Wildman–Crippen MR) is 75.2 cm³/mol. The number of hydrogen-bond acceptors (Lipinski definition) is 2. The molecule has 0 saturated carbocycles. The summed E-state index contributed by atoms with van der Waals surface area (Å²) in [6.45, 7) is 0. The van der Waals surface area contributed by atoms with Crippen molar-refractivity contribution in [3.63, 3.8) is 0 Å². The van der Waals surface area contributed by atoms with E-state index in [9.17, 15) is 0 Å². The van der Waals surface area contributed by atoms with Gasteiger partial charge in [0, 0.05) is 4.90 Å². The van der Waals surface area contributed by atoms with E-state index in [1.807, 2.05) is 18.2 Å². The van der Waals surface area contributed by atoms with Gasteiger partial charge in [-0.1, -0.05) is 29.8 Å². The van der Waals surface area contributed by atoms with Crippen molar-refractivity contribution in [2.75, 3.05) is 13.4 Å². The van der Waals surface area contributed by atoms with E-state index in [-0.39, 0.29) is 0 Å². The van der Waals surface area contributed by atoms with Gasteiger partial charge >= 0.3 is 0 Å². The highest BCUT2D eigenvalue weighted by molar-refractivity contribution is 7.98. The maximum Gasteiger partial charge on any atom is 0.137 e. The highest BCUT2D eigenvalue weighted by Crippen LogP contribution is 2.31. The van der Waals surface area contributed by atoms with E-state index in [4.69, 9.17) is 16.3 Å². The Morgan fingerprint density at radius 1 is 1.06 bits per heavy atom. The number of ether oxygens (including phenoxy) is 1. The summed E-state index contributed by atoms with van der Waals surface area (Å²) < 4.78 is 5.14. The molecule has 0 amide bonds. The molecule has 0 atom stereocenters. The first-order valence-corrected chi connectivity index (χ1v) is 6.83. The van der Waals surface area contributed by atoms with Gasteiger partial charge in [-0.3, -0.25) is 0 Å². The third kappa shape index (κ3) is 2.76. The molecule has 3 heteroatoms. The molecular weight excluding hydrogens is 252 g/mol. The molecule has 0 aliphatic rings. The molecule has 0 spiro atoms. The topological polar surface area (TPSA) is 9.23 Å². The Balaban J connectivity index is 2.42. The van der Waals surface area contributed by atoms with Gasteiger partial charge in [0.2, 0.25) is 0 Å². The molecule has 2 aromatic rings. The minimum Gasteiger partial charge on any atom is -0.495 e. The summed E-state index contributed by atoms with van der Waals surface area (Å²) in [4.78, 5) is 1.24. The predicted octanol–water partition coefficient (Wildman–Crippen LogP) is 4.74. The minimum atomic E-state index is 0.638. The monoisotopic (exact) mass is 264 g/mol. The van der Waals surface area contributed by atoms with Gasteiger partial charge in [-0.05, 0) is 41.6 Å². The quantitative estimate of drug-likeness (QED) is 0.741. The lowest BCUT2D eigenvalue weighted by Crippen LogP contribution is -1.85. The second kappa shape index (κ2) is 5.48. The molecule has 0 N–H and O–H groups in total. The van der Waals surface area contributed by atoms with Crippen molar-refractivity contribution in [1.82, 2.24) is 0 Å². The van der Waals surface area contributed by atoms with Crippen LogP contribution in [0.4, 0.5) is 0 Å². The summed E-state index contributed by atoms with van der Waals surface area (Å²) in [5.41, 5.74) is 2.27. The Bertz CT molecular complexity index is 525. The lowest BCUT2D eigenvalue weighted by atomic mass is 10.1. The molecule has 0 radical (unpaired) electrons. The van der Waals surface area contributed by atoms with Crippen LogP contribution in [0.2, 0.25) is 5.02 Å². The van der Waals surface area contributed by atoms with Crippen LogP contribution >= 0.6 is 23.4 Å². The van der Waals surface area contributed by atoms with Crippen LogP contribution in [0.1, 0.15) is 0 Å². The summed E-state index contributed by atoms with van der Waals surface area (Å²) in [7, 11) is 1.62. The third-order valence-electron chi connectivity index (χ3n) is 2.55. The summed E-state index contributed by atoms with van der Waals surface area (Å²) in [5.74, 6) is 0.705. The van der Waals surface area contributed by atoms with Crippen molar-refractivity contribution in [3.05, 3.63) is 47.5 Å². The molecule has 0 heterocycles. The largest absolute Gasteiger partial charge is 0.495 e. The Labute approximate surface area is 111 Å². The van der Waals surface area contributed by atoms with E-state index in [0.717, 1.165) is 5.56 Å². The zero-order chi connectivity index (χ0) is 12.3. The molecule has 17 heavy (non-hydrogen) atoms. The van der Waals surface area contributed by atoms with E-state index < -0.39 is 0 Å². The summed E-state index contributed by atoms with van der Waals surface area (Å²) in [6, 6.07) is 14.2. The average molecular weight is 265 g/mol. The molecule has 0 aliphatic carbocycles. The van der Waals surface area contributed by atoms with E-state index >= 15 is 0 Å². The van der Waals surface area contributed by atoms with Crippen molar-refractivity contribution in [1.29, 1.82) is 0 Å². The lowest BCUT2D eigenvalue weighted by Gasteiger charge is -2.07. The molecule has 88 valence electrons. The molecule has 0 aromatic heterocycles. The van der Waals surface area contributed by atoms with E-state index in [2.05, 4.69) is 30.5 Å². The minimum absolute atomic E-state index is 0.638. The summed E-state index contributed by atoms with van der Waals surface area (Å²) in [6.07, 6.45) is 2.07. The molecule has 1 nitrogen and oxygen atoms in total. The number of hydrogen-bond donors (Lipinski definition) is 0. The van der Waals surface area contributed by atoms with Crippen LogP contribution in [0.15, 0.2) is 47.4 Å². The van der Waals surface area contributed by atoms with Crippen LogP contribution in [0, 0.1) is 0 Å². The summed E-state index contributed by atoms with van der Waals surface area (Å²) >= 11 is 7.85. The first-order valence-electron chi connectivity index (χ1n) is 5.22. The van der Waals surface area contributed by atoms with Crippen molar-refractivity contribution in [3.8, 4) is 16.9 Å². The Morgan fingerprint density at radius 3 is 2.47 bits per heavy atom. The molecule has 0 saturated heterocycles. The van der Waals surface area contributed by atoms with Crippen molar-refractivity contribution in [2.24, 2.45) is 0 Å². The standard InChI is InChI=1S/C14H13ClOS/c1-16-14-7-6-11(9-13(14)15)10-4-3-5-12(8-10)17-2/h3-9H,1-2H3. The van der Waals surface area contributed by atoms with Gasteiger partial charge in [0.05, 0.1) is 12.1 Å². The fourth-order valence-corrected chi connectivity index (χ4v) is 2.37. The highest BCUT2D eigenvalue weighted by atomic mass is 35.5. The fourth-order valence-electron chi connectivity index (χ4n) is 1.65. The van der Waals surface area contributed by atoms with Gasteiger partial charge < -0.3 is 4.74 Å². The first-order chi connectivity index (χ1) is 8.24. The lowest BCUT2D eigenvalue weighted by molar-refractivity contribution is 0.415. The Hall–Kier alpha value is -1.12. The van der Waals surface area contributed by atoms with E-state index in [1.165, 1.54) is 10.5 Å². The first kappa shape index (κ1) is 12.3. The molecule has 0 aliphatic heterocycles. The van der Waals surface area contributed by atoms with Crippen molar-refractivity contribution >= 4 is 23.4 Å². The van der Waals surface area contributed by atoms with Gasteiger partial charge in [-0.15, -0.1) is 11.8 Å². The van der Waals surface area contributed by atoms with Crippen LogP contribution in [-0.4, -0.2) is 13.4 Å². The number of rotatable bonds is 3. The van der Waals surface area contributed by atoms with Gasteiger partial charge in [0.15, 0.2) is 0 Å². The second-order valence-electron chi connectivity index (χ2n) is 3.58. The van der Waals surface area contributed by atoms with Crippen LogP contribution in [0.25, 0.3) is 11.1 Å². The van der Waals surface area contributed by atoms with Crippen molar-refractivity contribution in [2.45, 2.75) is 4.90 Å². The zero-order valence-corrected chi connectivity index (χ0v) is 11.3. The number of methoxy groups -OCH3 is 1. The normalized spacial score (nSPS) is 10.3. The van der Waals surface area contributed by atoms with Crippen LogP contribution in [0.3, 0.4) is 0 Å². The molecular formula is C14H13ClOS. The maximum absolute atomic E-state index is 6.12. The van der Waals surface area contributed by atoms with Gasteiger partial charge in [-0.2, -0.15) is 0 Å². The number of thioether (sulfide) groups is 1. The summed E-state index contributed by atoms with van der Waals surface area (Å²) in [5, 5.41) is 0.638. The van der Waals surface area contributed by atoms with Gasteiger partial charge in [0.1, 0.15) is 5.75 Å². The number of halogens is 1. The number of benzene rings is 2. The van der Waals surface area contributed by atoms with Crippen LogP contribution < -0.4 is 4.74 Å². The molecule has 2 aromatic carbocycles. The third-order valence-corrected chi connectivity index (χ3v) is 3.58. The Morgan fingerprint density at radius 2 is 1.82 bits per heavy atom. The second-order valence-corrected chi connectivity index (χ2v) is 4.87. The fraction of sp³-hybridized carbons (Fsp3) is 0.143. The maximum atomic E-state index is 6.12. The van der Waals surface area contributed by atoms with E-state index in [1.54, 1.807) is 18.9 Å². The van der Waals surface area contributed by atoms with Crippen molar-refractivity contribution < 1.29 is 4.74 Å². The SMILES string of the molecule is COc1ccc(-c2cccc(SC)c2)cc1Cl. The average Bonchev–Trinajstić information content (AvgIpc) is 2.38. The highest BCUT2D eigenvalue weighted by Gasteiger charge is 2.04. The van der Waals surface area contributed by atoms with Crippen LogP contribution in [0.5, 0.6) is 5.75 Å². The van der Waals surface area contributed by atoms with E-state index in [0.29, 0.717) is 10.8 Å². The van der Waals surface area contributed by atoms with Gasteiger partial charge in [-0.25, -0.2) is 0 Å². The smallest absolute Gasteiger partial charge is 0.137 e. The molecule has 2 rings (SSSR count). The van der Waals surface area contributed by atoms with Gasteiger partial charge in [0.25, 0.3) is 0 Å². The molecule has 0 fully saturated rings. The molecule has 0 bridgehead atoms. The molecule has 0 unspecified atom stereocenters. The Kier molecular flexibility index (Phi) is 3.97. The van der Waals surface area contributed by atoms with Crippen LogP contribution in [-0.2, 0) is 0 Å².